The highest BCUT2D eigenvalue weighted by Gasteiger charge is 2.28. The summed E-state index contributed by atoms with van der Waals surface area (Å²) in [5.74, 6) is 6.11. The fourth-order valence-electron chi connectivity index (χ4n) is 1.79. The van der Waals surface area contributed by atoms with Gasteiger partial charge in [0.25, 0.3) is 0 Å². The molecule has 0 amide bonds. The van der Waals surface area contributed by atoms with Crippen LogP contribution in [0.2, 0.25) is 0 Å². The Morgan fingerprint density at radius 2 is 2.38 bits per heavy atom. The van der Waals surface area contributed by atoms with Gasteiger partial charge in [-0.2, -0.15) is 0 Å². The summed E-state index contributed by atoms with van der Waals surface area (Å²) in [7, 11) is 0. The summed E-state index contributed by atoms with van der Waals surface area (Å²) in [6.45, 7) is 6.66. The van der Waals surface area contributed by atoms with Crippen LogP contribution in [-0.2, 0) is 4.74 Å². The minimum absolute atomic E-state index is 0.0460. The molecule has 1 atom stereocenters. The Morgan fingerprint density at radius 1 is 1.56 bits per heavy atom. The van der Waals surface area contributed by atoms with Gasteiger partial charge < -0.3 is 10.1 Å². The van der Waals surface area contributed by atoms with E-state index in [-0.39, 0.29) is 5.54 Å². The van der Waals surface area contributed by atoms with Crippen LogP contribution < -0.4 is 16.6 Å². The lowest BCUT2D eigenvalue weighted by Gasteiger charge is -2.35. The number of nitrogens with two attached hydrogens (primary N) is 1. The van der Waals surface area contributed by atoms with E-state index in [4.69, 9.17) is 10.6 Å². The van der Waals surface area contributed by atoms with Crippen LogP contribution in [0.4, 0.5) is 0 Å². The van der Waals surface area contributed by atoms with E-state index in [9.17, 15) is 0 Å². The third-order valence-electron chi connectivity index (χ3n) is 2.78. The standard InChI is InChI=1S/C11H24N4O/c1-3-4-7-13-10(15-12)14-11(2)6-5-8-16-9-11/h3-9,12H2,1-2H3,(H2,13,14,15). The van der Waals surface area contributed by atoms with Crippen molar-refractivity contribution >= 4 is 5.96 Å². The van der Waals surface area contributed by atoms with Crippen molar-refractivity contribution in [2.75, 3.05) is 19.8 Å². The molecular formula is C11H24N4O. The molecule has 16 heavy (non-hydrogen) atoms. The van der Waals surface area contributed by atoms with E-state index in [1.807, 2.05) is 0 Å². The summed E-state index contributed by atoms with van der Waals surface area (Å²) in [6, 6.07) is 0. The Labute approximate surface area is 97.8 Å². The fraction of sp³-hybridized carbons (Fsp3) is 0.909. The Hall–Kier alpha value is -0.810. The van der Waals surface area contributed by atoms with E-state index in [0.29, 0.717) is 12.6 Å². The molecule has 1 aliphatic rings. The molecule has 1 unspecified atom stereocenters. The van der Waals surface area contributed by atoms with Gasteiger partial charge in [-0.25, -0.2) is 5.84 Å². The van der Waals surface area contributed by atoms with E-state index in [1.165, 1.54) is 0 Å². The number of nitrogens with zero attached hydrogens (tertiary/aromatic N) is 1. The molecule has 0 radical (unpaired) electrons. The number of unbranched alkanes of at least 4 members (excludes halogenated alkanes) is 1. The molecule has 1 rings (SSSR count). The lowest BCUT2D eigenvalue weighted by molar-refractivity contribution is 0.0367. The fourth-order valence-corrected chi connectivity index (χ4v) is 1.79. The molecule has 0 aromatic carbocycles. The Kier molecular flexibility index (Phi) is 5.55. The Bertz CT molecular complexity index is 224. The van der Waals surface area contributed by atoms with E-state index in [0.717, 1.165) is 38.8 Å². The number of hydrogen-bond donors (Lipinski definition) is 3. The summed E-state index contributed by atoms with van der Waals surface area (Å²) in [6.07, 6.45) is 4.39. The first kappa shape index (κ1) is 13.3. The molecular weight excluding hydrogens is 204 g/mol. The van der Waals surface area contributed by atoms with Crippen molar-refractivity contribution in [3.05, 3.63) is 0 Å². The van der Waals surface area contributed by atoms with Crippen molar-refractivity contribution in [1.29, 1.82) is 0 Å². The number of rotatable bonds is 4. The predicted octanol–water partition coefficient (Wildman–Crippen LogP) is 0.764. The van der Waals surface area contributed by atoms with Gasteiger partial charge in [-0.3, -0.25) is 10.4 Å². The maximum atomic E-state index is 5.47. The summed E-state index contributed by atoms with van der Waals surface area (Å²) < 4.78 is 5.47. The zero-order valence-corrected chi connectivity index (χ0v) is 10.4. The number of hydrogen-bond acceptors (Lipinski definition) is 3. The number of hydrazine groups is 1. The van der Waals surface area contributed by atoms with Crippen molar-refractivity contribution in [2.45, 2.75) is 45.1 Å². The Balaban J connectivity index is 2.44. The van der Waals surface area contributed by atoms with Gasteiger partial charge in [0, 0.05) is 13.2 Å². The van der Waals surface area contributed by atoms with Gasteiger partial charge in [0.15, 0.2) is 0 Å². The molecule has 0 spiro atoms. The van der Waals surface area contributed by atoms with Gasteiger partial charge in [-0.05, 0) is 26.2 Å². The van der Waals surface area contributed by atoms with Crippen LogP contribution in [-0.4, -0.2) is 31.3 Å². The topological polar surface area (TPSA) is 71.7 Å². The second-order valence-corrected chi connectivity index (χ2v) is 4.57. The van der Waals surface area contributed by atoms with Crippen LogP contribution >= 0.6 is 0 Å². The third kappa shape index (κ3) is 4.37. The van der Waals surface area contributed by atoms with E-state index < -0.39 is 0 Å². The summed E-state index contributed by atoms with van der Waals surface area (Å²) >= 11 is 0. The second kappa shape index (κ2) is 6.70. The average Bonchev–Trinajstić information content (AvgIpc) is 2.29. The molecule has 1 heterocycles. The van der Waals surface area contributed by atoms with Crippen LogP contribution in [0.1, 0.15) is 39.5 Å². The maximum absolute atomic E-state index is 5.47. The molecule has 0 aromatic rings. The normalized spacial score (nSPS) is 26.6. The maximum Gasteiger partial charge on any atom is 0.206 e. The molecule has 5 heteroatoms. The highest BCUT2D eigenvalue weighted by Crippen LogP contribution is 2.17. The largest absolute Gasteiger partial charge is 0.379 e. The van der Waals surface area contributed by atoms with Gasteiger partial charge in [0.1, 0.15) is 0 Å². The molecule has 94 valence electrons. The SMILES string of the molecule is CCCCN=C(NN)NC1(C)CCCOC1. The molecule has 1 aliphatic heterocycles. The zero-order valence-electron chi connectivity index (χ0n) is 10.4. The molecule has 0 bridgehead atoms. The van der Waals surface area contributed by atoms with Crippen molar-refractivity contribution in [1.82, 2.24) is 10.7 Å². The quantitative estimate of drug-likeness (QED) is 0.218. The smallest absolute Gasteiger partial charge is 0.206 e. The molecule has 5 nitrogen and oxygen atoms in total. The Morgan fingerprint density at radius 3 is 2.94 bits per heavy atom. The van der Waals surface area contributed by atoms with Crippen LogP contribution in [0.15, 0.2) is 4.99 Å². The molecule has 4 N–H and O–H groups in total. The van der Waals surface area contributed by atoms with Crippen LogP contribution in [0, 0.1) is 0 Å². The first-order valence-corrected chi connectivity index (χ1v) is 6.07. The van der Waals surface area contributed by atoms with Crippen LogP contribution in [0.5, 0.6) is 0 Å². The lowest BCUT2D eigenvalue weighted by atomic mass is 9.95. The first-order chi connectivity index (χ1) is 7.70. The highest BCUT2D eigenvalue weighted by molar-refractivity contribution is 5.79. The first-order valence-electron chi connectivity index (χ1n) is 6.07. The number of aliphatic imine (C=N–C) groups is 1. The summed E-state index contributed by atoms with van der Waals surface area (Å²) in [4.78, 5) is 4.39. The van der Waals surface area contributed by atoms with Crippen molar-refractivity contribution in [3.63, 3.8) is 0 Å². The highest BCUT2D eigenvalue weighted by atomic mass is 16.5. The summed E-state index contributed by atoms with van der Waals surface area (Å²) in [5.41, 5.74) is 2.57. The second-order valence-electron chi connectivity index (χ2n) is 4.57. The minimum atomic E-state index is -0.0460. The molecule has 0 aliphatic carbocycles. The molecule has 1 fully saturated rings. The molecule has 1 saturated heterocycles. The third-order valence-corrected chi connectivity index (χ3v) is 2.78. The number of guanidine groups is 1. The minimum Gasteiger partial charge on any atom is -0.379 e. The zero-order chi connectivity index (χ0) is 11.9. The number of nitrogens with one attached hydrogen (secondary N) is 2. The predicted molar refractivity (Wildman–Crippen MR) is 66.1 cm³/mol. The van der Waals surface area contributed by atoms with Crippen molar-refractivity contribution < 1.29 is 4.74 Å². The van der Waals surface area contributed by atoms with Gasteiger partial charge in [-0.1, -0.05) is 13.3 Å². The van der Waals surface area contributed by atoms with Crippen LogP contribution in [0.3, 0.4) is 0 Å². The van der Waals surface area contributed by atoms with Gasteiger partial charge in [-0.15, -0.1) is 0 Å². The number of ether oxygens (including phenoxy) is 1. The van der Waals surface area contributed by atoms with E-state index in [2.05, 4.69) is 29.6 Å². The lowest BCUT2D eigenvalue weighted by Crippen LogP contribution is -2.56. The van der Waals surface area contributed by atoms with Crippen molar-refractivity contribution in [2.24, 2.45) is 10.8 Å². The summed E-state index contributed by atoms with van der Waals surface area (Å²) in [5, 5.41) is 3.33. The van der Waals surface area contributed by atoms with Crippen molar-refractivity contribution in [3.8, 4) is 0 Å². The molecule has 0 saturated carbocycles. The average molecular weight is 228 g/mol. The van der Waals surface area contributed by atoms with Gasteiger partial charge >= 0.3 is 0 Å². The van der Waals surface area contributed by atoms with Gasteiger partial charge in [0.2, 0.25) is 5.96 Å². The van der Waals surface area contributed by atoms with Crippen LogP contribution in [0.25, 0.3) is 0 Å². The van der Waals surface area contributed by atoms with Gasteiger partial charge in [0.05, 0.1) is 12.1 Å². The van der Waals surface area contributed by atoms with E-state index in [1.54, 1.807) is 0 Å². The van der Waals surface area contributed by atoms with E-state index >= 15 is 0 Å². The molecule has 0 aromatic heterocycles. The monoisotopic (exact) mass is 228 g/mol.